The van der Waals surface area contributed by atoms with Crippen molar-refractivity contribution in [3.8, 4) is 11.3 Å². The van der Waals surface area contributed by atoms with Gasteiger partial charge in [0, 0.05) is 23.2 Å². The fraction of sp³-hybridized carbons (Fsp3) is 0.357. The molecule has 1 aliphatic carbocycles. The molecule has 1 N–H and O–H groups in total. The monoisotopic (exact) mass is 262 g/mol. The fourth-order valence-electron chi connectivity index (χ4n) is 1.98. The van der Waals surface area contributed by atoms with E-state index in [0.29, 0.717) is 11.1 Å². The molecule has 1 heterocycles. The molecular weight excluding hydrogens is 248 g/mol. The average Bonchev–Trinajstić information content (AvgIpc) is 3.08. The summed E-state index contributed by atoms with van der Waals surface area (Å²) in [7, 11) is 0. The maximum Gasteiger partial charge on any atom is 0.181 e. The highest BCUT2D eigenvalue weighted by atomic mass is 35.5. The van der Waals surface area contributed by atoms with E-state index in [-0.39, 0.29) is 0 Å². The van der Waals surface area contributed by atoms with Gasteiger partial charge in [-0.3, -0.25) is 0 Å². The Morgan fingerprint density at radius 2 is 2.28 bits per heavy atom. The molecule has 1 saturated carbocycles. The quantitative estimate of drug-likeness (QED) is 0.916. The smallest absolute Gasteiger partial charge is 0.181 e. The van der Waals surface area contributed by atoms with E-state index in [1.54, 1.807) is 0 Å². The number of oxazole rings is 1. The van der Waals surface area contributed by atoms with Crippen LogP contribution in [-0.4, -0.2) is 11.0 Å². The van der Waals surface area contributed by atoms with Gasteiger partial charge in [-0.15, -0.1) is 0 Å². The highest BCUT2D eigenvalue weighted by molar-refractivity contribution is 6.30. The third-order valence-corrected chi connectivity index (χ3v) is 3.46. The molecule has 18 heavy (non-hydrogen) atoms. The Bertz CT molecular complexity index is 561. The van der Waals surface area contributed by atoms with Gasteiger partial charge >= 0.3 is 0 Å². The summed E-state index contributed by atoms with van der Waals surface area (Å²) in [5.41, 5.74) is 3.11. The molecule has 0 aliphatic heterocycles. The van der Waals surface area contributed by atoms with Crippen LogP contribution >= 0.6 is 11.6 Å². The minimum absolute atomic E-state index is 0.662. The molecule has 3 rings (SSSR count). The second-order valence-corrected chi connectivity index (χ2v) is 5.18. The van der Waals surface area contributed by atoms with Crippen LogP contribution in [0.4, 0.5) is 0 Å². The molecule has 1 aliphatic rings. The van der Waals surface area contributed by atoms with Gasteiger partial charge in [0.2, 0.25) is 0 Å². The Labute approximate surface area is 111 Å². The minimum Gasteiger partial charge on any atom is -0.443 e. The molecule has 4 heteroatoms. The lowest BCUT2D eigenvalue weighted by molar-refractivity contribution is 0.569. The Kier molecular flexibility index (Phi) is 3.10. The van der Waals surface area contributed by atoms with Gasteiger partial charge in [0.25, 0.3) is 0 Å². The number of hydrogen-bond donors (Lipinski definition) is 1. The van der Waals surface area contributed by atoms with Gasteiger partial charge < -0.3 is 9.73 Å². The Balaban J connectivity index is 1.90. The van der Waals surface area contributed by atoms with Crippen molar-refractivity contribution in [3.63, 3.8) is 0 Å². The number of nitrogens with zero attached hydrogens (tertiary/aromatic N) is 1. The molecule has 0 bridgehead atoms. The van der Waals surface area contributed by atoms with Crippen LogP contribution in [0.25, 0.3) is 11.3 Å². The van der Waals surface area contributed by atoms with E-state index < -0.39 is 0 Å². The molecule has 2 aromatic rings. The molecule has 1 fully saturated rings. The Morgan fingerprint density at radius 3 is 3.06 bits per heavy atom. The SMILES string of the molecule is Cc1ccc(Cl)cc1-c1ocnc1CNC1CC1. The molecule has 0 unspecified atom stereocenters. The molecule has 1 aromatic carbocycles. The predicted octanol–water partition coefficient (Wildman–Crippen LogP) is 3.56. The Morgan fingerprint density at radius 1 is 1.44 bits per heavy atom. The average molecular weight is 263 g/mol. The van der Waals surface area contributed by atoms with Crippen LogP contribution in [0, 0.1) is 6.92 Å². The summed E-state index contributed by atoms with van der Waals surface area (Å²) in [6, 6.07) is 6.48. The van der Waals surface area contributed by atoms with Crippen molar-refractivity contribution in [2.24, 2.45) is 0 Å². The van der Waals surface area contributed by atoms with Crippen molar-refractivity contribution in [2.45, 2.75) is 32.4 Å². The van der Waals surface area contributed by atoms with Crippen LogP contribution in [0.3, 0.4) is 0 Å². The van der Waals surface area contributed by atoms with Crippen LogP contribution in [0.15, 0.2) is 29.0 Å². The van der Waals surface area contributed by atoms with Crippen molar-refractivity contribution in [2.75, 3.05) is 0 Å². The zero-order valence-electron chi connectivity index (χ0n) is 10.2. The van der Waals surface area contributed by atoms with Crippen molar-refractivity contribution in [1.82, 2.24) is 10.3 Å². The first-order valence-corrected chi connectivity index (χ1v) is 6.54. The van der Waals surface area contributed by atoms with Gasteiger partial charge in [-0.2, -0.15) is 0 Å². The molecule has 0 amide bonds. The van der Waals surface area contributed by atoms with Gasteiger partial charge in [-0.05, 0) is 37.5 Å². The van der Waals surface area contributed by atoms with Crippen molar-refractivity contribution in [1.29, 1.82) is 0 Å². The molecule has 94 valence electrons. The van der Waals surface area contributed by atoms with Crippen LogP contribution < -0.4 is 5.32 Å². The minimum atomic E-state index is 0.662. The van der Waals surface area contributed by atoms with E-state index in [1.807, 2.05) is 25.1 Å². The summed E-state index contributed by atoms with van der Waals surface area (Å²) >= 11 is 6.05. The first-order valence-electron chi connectivity index (χ1n) is 6.16. The van der Waals surface area contributed by atoms with Crippen molar-refractivity contribution in [3.05, 3.63) is 40.9 Å². The van der Waals surface area contributed by atoms with E-state index in [0.717, 1.165) is 29.1 Å². The number of halogens is 1. The number of benzene rings is 1. The fourth-order valence-corrected chi connectivity index (χ4v) is 2.15. The van der Waals surface area contributed by atoms with Gasteiger partial charge in [-0.25, -0.2) is 4.98 Å². The molecule has 0 spiro atoms. The zero-order chi connectivity index (χ0) is 12.5. The summed E-state index contributed by atoms with van der Waals surface area (Å²) in [5, 5.41) is 4.16. The highest BCUT2D eigenvalue weighted by Gasteiger charge is 2.22. The predicted molar refractivity (Wildman–Crippen MR) is 71.5 cm³/mol. The molecule has 1 aromatic heterocycles. The van der Waals surface area contributed by atoms with Gasteiger partial charge in [-0.1, -0.05) is 17.7 Å². The van der Waals surface area contributed by atoms with Crippen LogP contribution in [0.5, 0.6) is 0 Å². The van der Waals surface area contributed by atoms with Gasteiger partial charge in [0.15, 0.2) is 12.2 Å². The molecule has 3 nitrogen and oxygen atoms in total. The van der Waals surface area contributed by atoms with Crippen LogP contribution in [0.2, 0.25) is 5.02 Å². The summed E-state index contributed by atoms with van der Waals surface area (Å²) < 4.78 is 5.53. The van der Waals surface area contributed by atoms with E-state index in [9.17, 15) is 0 Å². The number of nitrogens with one attached hydrogen (secondary N) is 1. The van der Waals surface area contributed by atoms with Crippen molar-refractivity contribution >= 4 is 11.6 Å². The van der Waals surface area contributed by atoms with Gasteiger partial charge in [0.05, 0.1) is 0 Å². The summed E-state index contributed by atoms with van der Waals surface area (Å²) in [4.78, 5) is 4.29. The molecule has 0 radical (unpaired) electrons. The van der Waals surface area contributed by atoms with Crippen LogP contribution in [0.1, 0.15) is 24.1 Å². The van der Waals surface area contributed by atoms with Crippen LogP contribution in [-0.2, 0) is 6.54 Å². The largest absolute Gasteiger partial charge is 0.443 e. The lowest BCUT2D eigenvalue weighted by Gasteiger charge is -2.06. The van der Waals surface area contributed by atoms with E-state index in [4.69, 9.17) is 16.0 Å². The topological polar surface area (TPSA) is 38.1 Å². The summed E-state index contributed by atoms with van der Waals surface area (Å²) in [6.07, 6.45) is 4.03. The molecule has 0 atom stereocenters. The van der Waals surface area contributed by atoms with E-state index in [2.05, 4.69) is 10.3 Å². The third kappa shape index (κ3) is 2.42. The van der Waals surface area contributed by atoms with Crippen molar-refractivity contribution < 1.29 is 4.42 Å². The number of rotatable bonds is 4. The second kappa shape index (κ2) is 4.75. The normalized spacial score (nSPS) is 15.0. The lowest BCUT2D eigenvalue weighted by Crippen LogP contribution is -2.16. The molecular formula is C14H15ClN2O. The summed E-state index contributed by atoms with van der Waals surface area (Å²) in [6.45, 7) is 2.80. The van der Waals surface area contributed by atoms with E-state index in [1.165, 1.54) is 19.2 Å². The molecule has 0 saturated heterocycles. The Hall–Kier alpha value is -1.32. The second-order valence-electron chi connectivity index (χ2n) is 4.74. The maximum atomic E-state index is 6.05. The lowest BCUT2D eigenvalue weighted by atomic mass is 10.1. The highest BCUT2D eigenvalue weighted by Crippen LogP contribution is 2.29. The third-order valence-electron chi connectivity index (χ3n) is 3.22. The number of hydrogen-bond acceptors (Lipinski definition) is 3. The maximum absolute atomic E-state index is 6.05. The van der Waals surface area contributed by atoms with Gasteiger partial charge in [0.1, 0.15) is 5.69 Å². The van der Waals surface area contributed by atoms with E-state index >= 15 is 0 Å². The zero-order valence-corrected chi connectivity index (χ0v) is 11.0. The first-order chi connectivity index (χ1) is 8.74. The summed E-state index contributed by atoms with van der Waals surface area (Å²) in [5.74, 6) is 0.822. The number of aryl methyl sites for hydroxylation is 1. The standard InChI is InChI=1S/C14H15ClN2O/c1-9-2-3-10(15)6-12(9)14-13(17-8-18-14)7-16-11-4-5-11/h2-3,6,8,11,16H,4-5,7H2,1H3. The first kappa shape index (κ1) is 11.8. The number of aromatic nitrogens is 1.